The van der Waals surface area contributed by atoms with Crippen LogP contribution in [-0.4, -0.2) is 6.54 Å². The van der Waals surface area contributed by atoms with Gasteiger partial charge >= 0.3 is 0 Å². The maximum Gasteiger partial charge on any atom is 0.123 e. The molecule has 0 aliphatic rings. The van der Waals surface area contributed by atoms with Crippen molar-refractivity contribution in [3.8, 4) is 0 Å². The van der Waals surface area contributed by atoms with Crippen LogP contribution in [0.3, 0.4) is 0 Å². The Kier molecular flexibility index (Phi) is 5.55. The van der Waals surface area contributed by atoms with Gasteiger partial charge in [-0.15, -0.1) is 0 Å². The molecule has 4 heteroatoms. The maximum absolute atomic E-state index is 13.3. The van der Waals surface area contributed by atoms with Crippen molar-refractivity contribution < 1.29 is 4.39 Å². The molecule has 1 aromatic heterocycles. The molecule has 1 unspecified atom stereocenters. The molecule has 0 saturated carbocycles. The summed E-state index contributed by atoms with van der Waals surface area (Å²) in [7, 11) is 0. The largest absolute Gasteiger partial charge is 0.310 e. The lowest BCUT2D eigenvalue weighted by Crippen LogP contribution is -2.24. The fourth-order valence-electron chi connectivity index (χ4n) is 2.05. The molecule has 0 spiro atoms. The molecule has 0 bridgehead atoms. The van der Waals surface area contributed by atoms with Crippen LogP contribution in [0.2, 0.25) is 0 Å². The van der Waals surface area contributed by atoms with Gasteiger partial charge in [-0.1, -0.05) is 19.1 Å². The standard InChI is InChI=1S/C15H17BrFNS/c1-2-6-18-15(13-9-19-10-14(13)16)8-11-4-3-5-12(17)7-11/h3-5,7,9-10,15,18H,2,6,8H2,1H3. The van der Waals surface area contributed by atoms with E-state index in [1.54, 1.807) is 23.5 Å². The van der Waals surface area contributed by atoms with Gasteiger partial charge in [-0.05, 0) is 64.0 Å². The lowest BCUT2D eigenvalue weighted by molar-refractivity contribution is 0.527. The molecule has 1 nitrogen and oxygen atoms in total. The second-order valence-corrected chi connectivity index (χ2v) is 6.11. The summed E-state index contributed by atoms with van der Waals surface area (Å²) in [4.78, 5) is 0. The zero-order chi connectivity index (χ0) is 13.7. The molecule has 0 aliphatic heterocycles. The SMILES string of the molecule is CCCNC(Cc1cccc(F)c1)c1cscc1Br. The zero-order valence-electron chi connectivity index (χ0n) is 10.8. The number of nitrogens with one attached hydrogen (secondary N) is 1. The summed E-state index contributed by atoms with van der Waals surface area (Å²) in [5, 5.41) is 7.77. The highest BCUT2D eigenvalue weighted by molar-refractivity contribution is 9.10. The molecule has 0 fully saturated rings. The van der Waals surface area contributed by atoms with Gasteiger partial charge in [0.1, 0.15) is 5.82 Å². The van der Waals surface area contributed by atoms with Gasteiger partial charge in [0.05, 0.1) is 0 Å². The molecule has 1 N–H and O–H groups in total. The number of benzene rings is 1. The van der Waals surface area contributed by atoms with E-state index in [1.165, 1.54) is 11.6 Å². The molecule has 0 aliphatic carbocycles. The Morgan fingerprint density at radius 3 is 2.84 bits per heavy atom. The third-order valence-corrected chi connectivity index (χ3v) is 4.74. The van der Waals surface area contributed by atoms with Crippen molar-refractivity contribution in [1.29, 1.82) is 0 Å². The van der Waals surface area contributed by atoms with Crippen molar-refractivity contribution >= 4 is 27.3 Å². The van der Waals surface area contributed by atoms with Crippen LogP contribution in [0.1, 0.15) is 30.5 Å². The minimum absolute atomic E-state index is 0.170. The summed E-state index contributed by atoms with van der Waals surface area (Å²) < 4.78 is 14.4. The second kappa shape index (κ2) is 7.17. The van der Waals surface area contributed by atoms with Crippen molar-refractivity contribution in [3.05, 3.63) is 56.4 Å². The van der Waals surface area contributed by atoms with Gasteiger partial charge in [-0.2, -0.15) is 11.3 Å². The summed E-state index contributed by atoms with van der Waals surface area (Å²) in [5.74, 6) is -0.170. The summed E-state index contributed by atoms with van der Waals surface area (Å²) >= 11 is 5.26. The third kappa shape index (κ3) is 4.13. The van der Waals surface area contributed by atoms with E-state index in [1.807, 2.05) is 6.07 Å². The zero-order valence-corrected chi connectivity index (χ0v) is 13.2. The maximum atomic E-state index is 13.3. The first-order valence-corrected chi connectivity index (χ1v) is 8.13. The number of rotatable bonds is 6. The Morgan fingerprint density at radius 1 is 1.37 bits per heavy atom. The van der Waals surface area contributed by atoms with Gasteiger partial charge in [0, 0.05) is 15.9 Å². The van der Waals surface area contributed by atoms with Gasteiger partial charge in [-0.25, -0.2) is 4.39 Å². The van der Waals surface area contributed by atoms with Crippen molar-refractivity contribution in [2.24, 2.45) is 0 Å². The molecule has 1 atom stereocenters. The highest BCUT2D eigenvalue weighted by Crippen LogP contribution is 2.29. The first-order valence-electron chi connectivity index (χ1n) is 6.40. The Bertz CT molecular complexity index is 526. The predicted octanol–water partition coefficient (Wildman–Crippen LogP) is 4.93. The molecule has 2 aromatic rings. The van der Waals surface area contributed by atoms with E-state index < -0.39 is 0 Å². The molecule has 0 radical (unpaired) electrons. The van der Waals surface area contributed by atoms with Gasteiger partial charge in [0.15, 0.2) is 0 Å². The Labute approximate surface area is 126 Å². The van der Waals surface area contributed by atoms with E-state index in [2.05, 4.69) is 38.9 Å². The van der Waals surface area contributed by atoms with Crippen molar-refractivity contribution in [1.82, 2.24) is 5.32 Å². The Balaban J connectivity index is 2.16. The molecule has 2 rings (SSSR count). The quantitative estimate of drug-likeness (QED) is 0.785. The van der Waals surface area contributed by atoms with E-state index in [9.17, 15) is 4.39 Å². The first kappa shape index (κ1) is 14.7. The van der Waals surface area contributed by atoms with E-state index in [0.717, 1.165) is 29.4 Å². The Hall–Kier alpha value is -0.710. The predicted molar refractivity (Wildman–Crippen MR) is 83.2 cm³/mol. The van der Waals surface area contributed by atoms with E-state index in [4.69, 9.17) is 0 Å². The van der Waals surface area contributed by atoms with Crippen LogP contribution in [0.4, 0.5) is 4.39 Å². The van der Waals surface area contributed by atoms with Crippen molar-refractivity contribution in [3.63, 3.8) is 0 Å². The van der Waals surface area contributed by atoms with Crippen LogP contribution in [0.5, 0.6) is 0 Å². The minimum Gasteiger partial charge on any atom is -0.310 e. The van der Waals surface area contributed by atoms with Gasteiger partial charge in [0.2, 0.25) is 0 Å². The second-order valence-electron chi connectivity index (χ2n) is 4.52. The summed E-state index contributed by atoms with van der Waals surface area (Å²) in [5.41, 5.74) is 2.27. The molecule has 0 saturated heterocycles. The van der Waals surface area contributed by atoms with E-state index in [0.29, 0.717) is 0 Å². The molecule has 0 amide bonds. The van der Waals surface area contributed by atoms with Crippen LogP contribution in [0.15, 0.2) is 39.5 Å². The van der Waals surface area contributed by atoms with Crippen molar-refractivity contribution in [2.75, 3.05) is 6.54 Å². The number of thiophene rings is 1. The molecule has 19 heavy (non-hydrogen) atoms. The van der Waals surface area contributed by atoms with Crippen molar-refractivity contribution in [2.45, 2.75) is 25.8 Å². The normalized spacial score (nSPS) is 12.6. The lowest BCUT2D eigenvalue weighted by Gasteiger charge is -2.18. The highest BCUT2D eigenvalue weighted by atomic mass is 79.9. The van der Waals surface area contributed by atoms with Crippen LogP contribution in [-0.2, 0) is 6.42 Å². The number of halogens is 2. The van der Waals surface area contributed by atoms with Gasteiger partial charge in [0.25, 0.3) is 0 Å². The van der Waals surface area contributed by atoms with E-state index in [-0.39, 0.29) is 11.9 Å². The molecular weight excluding hydrogens is 325 g/mol. The average Bonchev–Trinajstić information content (AvgIpc) is 2.81. The average molecular weight is 342 g/mol. The summed E-state index contributed by atoms with van der Waals surface area (Å²) in [6, 6.07) is 7.07. The van der Waals surface area contributed by atoms with Crippen LogP contribution < -0.4 is 5.32 Å². The van der Waals surface area contributed by atoms with E-state index >= 15 is 0 Å². The fraction of sp³-hybridized carbons (Fsp3) is 0.333. The first-order chi connectivity index (χ1) is 9.20. The minimum atomic E-state index is -0.170. The number of hydrogen-bond acceptors (Lipinski definition) is 2. The highest BCUT2D eigenvalue weighted by Gasteiger charge is 2.15. The molecule has 1 heterocycles. The topological polar surface area (TPSA) is 12.0 Å². The Morgan fingerprint density at radius 2 is 2.21 bits per heavy atom. The monoisotopic (exact) mass is 341 g/mol. The fourth-order valence-corrected chi connectivity index (χ4v) is 3.68. The van der Waals surface area contributed by atoms with Crippen LogP contribution in [0.25, 0.3) is 0 Å². The molecule has 102 valence electrons. The molecular formula is C15H17BrFNS. The third-order valence-electron chi connectivity index (χ3n) is 2.99. The van der Waals surface area contributed by atoms with Gasteiger partial charge in [-0.3, -0.25) is 0 Å². The smallest absolute Gasteiger partial charge is 0.123 e. The summed E-state index contributed by atoms with van der Waals surface area (Å²) in [6.07, 6.45) is 1.88. The summed E-state index contributed by atoms with van der Waals surface area (Å²) in [6.45, 7) is 3.11. The van der Waals surface area contributed by atoms with Crippen LogP contribution >= 0.6 is 27.3 Å². The van der Waals surface area contributed by atoms with Crippen LogP contribution in [0, 0.1) is 5.82 Å². The van der Waals surface area contributed by atoms with Gasteiger partial charge < -0.3 is 5.32 Å². The molecule has 1 aromatic carbocycles. The number of hydrogen-bond donors (Lipinski definition) is 1. The lowest BCUT2D eigenvalue weighted by atomic mass is 10.0.